The summed E-state index contributed by atoms with van der Waals surface area (Å²) in [7, 11) is 0. The van der Waals surface area contributed by atoms with E-state index in [-0.39, 0.29) is 5.91 Å². The van der Waals surface area contributed by atoms with Crippen LogP contribution in [-0.2, 0) is 9.59 Å². The SMILES string of the molecule is C[C@@H](O)[C@H](NC(=O)C1(C)CCCC1)C(=O)O. The first kappa shape index (κ1) is 13.0. The second kappa shape index (κ2) is 4.82. The Morgan fingerprint density at radius 1 is 1.31 bits per heavy atom. The number of nitrogens with one attached hydrogen (secondary N) is 1. The number of carbonyl (C=O) groups excluding carboxylic acids is 1. The first-order valence-corrected chi connectivity index (χ1v) is 5.59. The van der Waals surface area contributed by atoms with Gasteiger partial charge in [-0.05, 0) is 19.8 Å². The predicted molar refractivity (Wildman–Crippen MR) is 57.8 cm³/mol. The van der Waals surface area contributed by atoms with Crippen molar-refractivity contribution in [1.29, 1.82) is 0 Å². The first-order valence-electron chi connectivity index (χ1n) is 5.59. The number of carboxylic acid groups (broad SMARTS) is 1. The molecule has 5 heteroatoms. The average molecular weight is 229 g/mol. The fourth-order valence-electron chi connectivity index (χ4n) is 2.09. The van der Waals surface area contributed by atoms with Gasteiger partial charge in [-0.25, -0.2) is 4.79 Å². The van der Waals surface area contributed by atoms with Crippen LogP contribution in [0.4, 0.5) is 0 Å². The highest BCUT2D eigenvalue weighted by atomic mass is 16.4. The van der Waals surface area contributed by atoms with Crippen LogP contribution in [0.3, 0.4) is 0 Å². The van der Waals surface area contributed by atoms with E-state index in [2.05, 4.69) is 5.32 Å². The Bertz CT molecular complexity index is 282. The highest BCUT2D eigenvalue weighted by Gasteiger charge is 2.38. The average Bonchev–Trinajstić information content (AvgIpc) is 2.61. The van der Waals surface area contributed by atoms with Crippen molar-refractivity contribution >= 4 is 11.9 Å². The molecule has 0 spiro atoms. The molecular formula is C11H19NO4. The Balaban J connectivity index is 2.65. The Morgan fingerprint density at radius 2 is 1.81 bits per heavy atom. The quantitative estimate of drug-likeness (QED) is 0.655. The summed E-state index contributed by atoms with van der Waals surface area (Å²) >= 11 is 0. The van der Waals surface area contributed by atoms with Gasteiger partial charge in [0, 0.05) is 5.41 Å². The summed E-state index contributed by atoms with van der Waals surface area (Å²) in [4.78, 5) is 22.7. The van der Waals surface area contributed by atoms with E-state index in [1.54, 1.807) is 0 Å². The van der Waals surface area contributed by atoms with Gasteiger partial charge in [-0.15, -0.1) is 0 Å². The molecule has 0 saturated heterocycles. The molecule has 1 saturated carbocycles. The topological polar surface area (TPSA) is 86.6 Å². The number of hydrogen-bond donors (Lipinski definition) is 3. The molecule has 0 aliphatic heterocycles. The monoisotopic (exact) mass is 229 g/mol. The van der Waals surface area contributed by atoms with Gasteiger partial charge in [0.15, 0.2) is 6.04 Å². The summed E-state index contributed by atoms with van der Waals surface area (Å²) in [6.07, 6.45) is 2.47. The minimum atomic E-state index is -1.22. The molecule has 0 aromatic carbocycles. The van der Waals surface area contributed by atoms with E-state index >= 15 is 0 Å². The lowest BCUT2D eigenvalue weighted by Crippen LogP contribution is -2.51. The van der Waals surface area contributed by atoms with E-state index in [0.29, 0.717) is 0 Å². The zero-order chi connectivity index (χ0) is 12.3. The summed E-state index contributed by atoms with van der Waals surface area (Å²) in [5.74, 6) is -1.47. The molecule has 3 N–H and O–H groups in total. The van der Waals surface area contributed by atoms with Crippen LogP contribution in [0.15, 0.2) is 0 Å². The van der Waals surface area contributed by atoms with Gasteiger partial charge in [0.25, 0.3) is 0 Å². The summed E-state index contributed by atoms with van der Waals surface area (Å²) in [5, 5.41) is 20.5. The summed E-state index contributed by atoms with van der Waals surface area (Å²) in [6.45, 7) is 3.20. The van der Waals surface area contributed by atoms with E-state index in [9.17, 15) is 14.7 Å². The van der Waals surface area contributed by atoms with Gasteiger partial charge in [-0.3, -0.25) is 4.79 Å². The summed E-state index contributed by atoms with van der Waals surface area (Å²) < 4.78 is 0. The third-order valence-electron chi connectivity index (χ3n) is 3.29. The smallest absolute Gasteiger partial charge is 0.328 e. The summed E-state index contributed by atoms with van der Waals surface area (Å²) in [5.41, 5.74) is -0.470. The maximum absolute atomic E-state index is 11.9. The van der Waals surface area contributed by atoms with E-state index in [0.717, 1.165) is 25.7 Å². The lowest BCUT2D eigenvalue weighted by molar-refractivity contribution is -0.146. The van der Waals surface area contributed by atoms with Crippen LogP contribution in [0, 0.1) is 5.41 Å². The molecule has 1 aliphatic rings. The second-order valence-corrected chi connectivity index (χ2v) is 4.80. The molecule has 0 radical (unpaired) electrons. The van der Waals surface area contributed by atoms with Crippen molar-refractivity contribution < 1.29 is 19.8 Å². The molecule has 5 nitrogen and oxygen atoms in total. The van der Waals surface area contributed by atoms with Crippen LogP contribution < -0.4 is 5.32 Å². The maximum Gasteiger partial charge on any atom is 0.328 e. The Hall–Kier alpha value is -1.10. The van der Waals surface area contributed by atoms with Gasteiger partial charge < -0.3 is 15.5 Å². The molecule has 0 aromatic heterocycles. The van der Waals surface area contributed by atoms with Crippen LogP contribution >= 0.6 is 0 Å². The van der Waals surface area contributed by atoms with Crippen molar-refractivity contribution in [3.05, 3.63) is 0 Å². The van der Waals surface area contributed by atoms with Crippen LogP contribution in [0.25, 0.3) is 0 Å². The Morgan fingerprint density at radius 3 is 2.19 bits per heavy atom. The number of carboxylic acids is 1. The molecule has 1 aliphatic carbocycles. The minimum absolute atomic E-state index is 0.265. The minimum Gasteiger partial charge on any atom is -0.480 e. The largest absolute Gasteiger partial charge is 0.480 e. The predicted octanol–water partition coefficient (Wildman–Crippen LogP) is 0.517. The van der Waals surface area contributed by atoms with Crippen LogP contribution in [0.2, 0.25) is 0 Å². The fraction of sp³-hybridized carbons (Fsp3) is 0.818. The number of amides is 1. The molecule has 0 unspecified atom stereocenters. The van der Waals surface area contributed by atoms with Crippen LogP contribution in [0.1, 0.15) is 39.5 Å². The van der Waals surface area contributed by atoms with Gasteiger partial charge in [0.1, 0.15) is 0 Å². The van der Waals surface area contributed by atoms with Gasteiger partial charge in [0.2, 0.25) is 5.91 Å². The van der Waals surface area contributed by atoms with Crippen LogP contribution in [0.5, 0.6) is 0 Å². The molecule has 0 bridgehead atoms. The zero-order valence-corrected chi connectivity index (χ0v) is 9.69. The van der Waals surface area contributed by atoms with E-state index in [1.807, 2.05) is 6.92 Å². The van der Waals surface area contributed by atoms with Crippen molar-refractivity contribution in [2.24, 2.45) is 5.41 Å². The van der Waals surface area contributed by atoms with Crippen molar-refractivity contribution in [1.82, 2.24) is 5.32 Å². The molecule has 2 atom stereocenters. The van der Waals surface area contributed by atoms with E-state index in [1.165, 1.54) is 6.92 Å². The third-order valence-corrected chi connectivity index (χ3v) is 3.29. The zero-order valence-electron chi connectivity index (χ0n) is 9.69. The van der Waals surface area contributed by atoms with E-state index < -0.39 is 23.5 Å². The molecule has 1 amide bonds. The Labute approximate surface area is 94.8 Å². The standard InChI is InChI=1S/C11H19NO4/c1-7(13)8(9(14)15)12-10(16)11(2)5-3-4-6-11/h7-8,13H,3-6H2,1-2H3,(H,12,16)(H,14,15)/t7-,8+/m1/s1. The molecular weight excluding hydrogens is 210 g/mol. The van der Waals surface area contributed by atoms with Crippen LogP contribution in [-0.4, -0.2) is 34.2 Å². The fourth-order valence-corrected chi connectivity index (χ4v) is 2.09. The number of hydrogen-bond acceptors (Lipinski definition) is 3. The first-order chi connectivity index (χ1) is 7.37. The van der Waals surface area contributed by atoms with E-state index in [4.69, 9.17) is 5.11 Å². The maximum atomic E-state index is 11.9. The van der Waals surface area contributed by atoms with Gasteiger partial charge in [0.05, 0.1) is 6.10 Å². The lowest BCUT2D eigenvalue weighted by atomic mass is 9.87. The summed E-state index contributed by atoms with van der Waals surface area (Å²) in [6, 6.07) is -1.22. The molecule has 16 heavy (non-hydrogen) atoms. The molecule has 0 aromatic rings. The number of rotatable bonds is 4. The lowest BCUT2D eigenvalue weighted by Gasteiger charge is -2.26. The molecule has 92 valence electrons. The van der Waals surface area contributed by atoms with Crippen molar-refractivity contribution in [3.8, 4) is 0 Å². The van der Waals surface area contributed by atoms with Crippen molar-refractivity contribution in [2.75, 3.05) is 0 Å². The highest BCUT2D eigenvalue weighted by molar-refractivity contribution is 5.87. The van der Waals surface area contributed by atoms with Gasteiger partial charge in [-0.2, -0.15) is 0 Å². The number of carbonyl (C=O) groups is 2. The van der Waals surface area contributed by atoms with Crippen molar-refractivity contribution in [3.63, 3.8) is 0 Å². The molecule has 0 heterocycles. The normalized spacial score (nSPS) is 22.4. The van der Waals surface area contributed by atoms with Gasteiger partial charge >= 0.3 is 5.97 Å². The highest BCUT2D eigenvalue weighted by Crippen LogP contribution is 2.37. The number of aliphatic hydroxyl groups is 1. The van der Waals surface area contributed by atoms with Crippen molar-refractivity contribution in [2.45, 2.75) is 51.7 Å². The number of aliphatic carboxylic acids is 1. The second-order valence-electron chi connectivity index (χ2n) is 4.80. The molecule has 1 fully saturated rings. The third kappa shape index (κ3) is 2.72. The number of aliphatic hydroxyl groups excluding tert-OH is 1. The molecule has 1 rings (SSSR count). The Kier molecular flexibility index (Phi) is 3.91. The van der Waals surface area contributed by atoms with Gasteiger partial charge in [-0.1, -0.05) is 19.8 Å².